The van der Waals surface area contributed by atoms with Gasteiger partial charge in [-0.1, -0.05) is 26.3 Å². The van der Waals surface area contributed by atoms with E-state index in [2.05, 4.69) is 56.3 Å². The Hall–Kier alpha value is -6.13. The first-order valence-electron chi connectivity index (χ1n) is 48.6. The zero-order valence-corrected chi connectivity index (χ0v) is 84.1. The highest BCUT2D eigenvalue weighted by Gasteiger charge is 2.42. The standard InChI is InChI=1S/C96H156N4O36S2/c1-77-75-95(3,4)98(85-73-87-83(71-81(77)85)94(80-17-16-79(137(105,106)107)70-89(80)138(108,109)110)84-72-82-78(2)76-96(5,6)99(86(82)74-88(84)135-87)22-13-9-11-15-93(104)136-100-91(102)18-19-92(100)103)21-12-8-10-14-90(101)97-20-23-112-26-27-114-30-31-116-34-35-118-38-39-120-42-43-122-46-47-124-50-51-126-54-55-128-58-59-130-62-63-132-66-67-134-69-68-133-65-64-131-61-60-129-57-56-127-53-52-125-49-48-123-45-44-121-41-40-119-37-36-117-33-32-115-29-28-113-25-24-111-7/h16-17,70-74,77-78H,8-15,18-69,75-76H2,1-7H3,(H2-,97,101,105,106,107,108,109,110)/p+1. The average Bonchev–Trinajstić information content (AvgIpc) is 0.725. The summed E-state index contributed by atoms with van der Waals surface area (Å²) in [5.74, 6) is -0.988. The van der Waals surface area contributed by atoms with Gasteiger partial charge in [0.25, 0.3) is 32.1 Å². The number of hydrogen-bond donors (Lipinski definition) is 3. The minimum Gasteiger partial charge on any atom is -0.456 e. The van der Waals surface area contributed by atoms with Crippen LogP contribution in [0.3, 0.4) is 0 Å². The van der Waals surface area contributed by atoms with E-state index in [0.29, 0.717) is 395 Å². The second-order valence-corrected chi connectivity index (χ2v) is 36.9. The van der Waals surface area contributed by atoms with Gasteiger partial charge in [-0.05, 0) is 101 Å². The second kappa shape index (κ2) is 70.6. The maximum atomic E-state index is 13.4. The predicted molar refractivity (Wildman–Crippen MR) is 505 cm³/mol. The third kappa shape index (κ3) is 48.0. The molecule has 4 aliphatic rings. The molecule has 3 N–H and O–H groups in total. The van der Waals surface area contributed by atoms with E-state index in [-0.39, 0.29) is 53.6 Å². The molecule has 40 nitrogen and oxygen atoms in total. The molecule has 0 aromatic heterocycles. The van der Waals surface area contributed by atoms with Gasteiger partial charge in [-0.2, -0.15) is 16.8 Å². The lowest BCUT2D eigenvalue weighted by atomic mass is 9.78. The normalized spacial score (nSPS) is 15.7. The number of fused-ring (bicyclic) bond motifs is 4. The molecule has 0 radical (unpaired) electrons. The molecular weight excluding hydrogens is 1850 g/mol. The van der Waals surface area contributed by atoms with Crippen molar-refractivity contribution in [3.05, 3.63) is 75.3 Å². The fraction of sp³-hybridized carbons (Fsp3) is 0.760. The molecule has 1 fully saturated rings. The van der Waals surface area contributed by atoms with E-state index in [1.807, 2.05) is 24.3 Å². The van der Waals surface area contributed by atoms with E-state index in [1.54, 1.807) is 7.11 Å². The van der Waals surface area contributed by atoms with Gasteiger partial charge in [0.05, 0.1) is 321 Å². The van der Waals surface area contributed by atoms with Crippen molar-refractivity contribution in [2.24, 2.45) is 0 Å². The Kier molecular flexibility index (Phi) is 60.8. The van der Waals surface area contributed by atoms with Crippen LogP contribution in [0.4, 0.5) is 5.69 Å². The van der Waals surface area contributed by atoms with Crippen LogP contribution < -0.4 is 30.1 Å². The van der Waals surface area contributed by atoms with E-state index in [0.717, 1.165) is 60.0 Å². The summed E-state index contributed by atoms with van der Waals surface area (Å²) in [4.78, 5) is 55.7. The molecule has 42 heteroatoms. The van der Waals surface area contributed by atoms with Crippen molar-refractivity contribution in [1.82, 2.24) is 15.0 Å². The Labute approximate surface area is 814 Å². The average molecular weight is 2010 g/mol. The van der Waals surface area contributed by atoms with E-state index in [9.17, 15) is 45.1 Å². The van der Waals surface area contributed by atoms with Crippen molar-refractivity contribution in [1.29, 1.82) is 0 Å². The van der Waals surface area contributed by atoms with Crippen LogP contribution in [0.15, 0.2) is 52.3 Å². The summed E-state index contributed by atoms with van der Waals surface area (Å²) in [6, 6.07) is 11.1. The van der Waals surface area contributed by atoms with Crippen molar-refractivity contribution < 1.29 is 168 Å². The topological polar surface area (TPSA) is 439 Å². The zero-order valence-electron chi connectivity index (χ0n) is 82.5. The molecule has 0 aliphatic carbocycles. The van der Waals surface area contributed by atoms with Gasteiger partial charge in [-0.15, -0.1) is 5.06 Å². The van der Waals surface area contributed by atoms with Crippen LogP contribution in [0, 0.1) is 0 Å². The number of anilines is 1. The SMILES string of the molecule is COCCOCCOCCOCCOCCOCCOCCOCCOCCOCCOCCOCCOCCOCCOCCOCCOCCOCCOCCOCCOCCOCCOCCOCCNC(=O)CCCCC[N+]1=c2cc3c(cc2C(C)CC1(C)C)=C(c1ccc(S(=O)(=O)O)cc1S(=O)(=O)O)c1cc2c(cc1O3)N(CCCCCC(=O)ON1C(=O)CCC1=O)C(C)(C)CC2C. The van der Waals surface area contributed by atoms with Gasteiger partial charge in [0, 0.05) is 103 Å². The molecule has 2 unspecified atom stereocenters. The van der Waals surface area contributed by atoms with Gasteiger partial charge in [0.2, 0.25) is 11.3 Å². The summed E-state index contributed by atoms with van der Waals surface area (Å²) in [6.45, 7) is 36.4. The molecule has 4 aliphatic heterocycles. The minimum absolute atomic E-state index is 0.00314. The highest BCUT2D eigenvalue weighted by atomic mass is 32.2. The Bertz CT molecular complexity index is 4250. The summed E-state index contributed by atoms with van der Waals surface area (Å²) < 4.78 is 215. The summed E-state index contributed by atoms with van der Waals surface area (Å²) in [5.41, 5.74) is 3.05. The number of carbonyl (C=O) groups excluding carboxylic acids is 4. The molecule has 0 bridgehead atoms. The molecule has 3 amide bonds. The first-order chi connectivity index (χ1) is 66.9. The van der Waals surface area contributed by atoms with Crippen molar-refractivity contribution in [2.75, 3.05) is 342 Å². The smallest absolute Gasteiger partial charge is 0.333 e. The lowest BCUT2D eigenvalue weighted by molar-refractivity contribution is -0.197. The fourth-order valence-electron chi connectivity index (χ4n) is 15.7. The number of rotatable bonds is 88. The van der Waals surface area contributed by atoms with Gasteiger partial charge in [-0.25, -0.2) is 9.37 Å². The number of ether oxygens (including phenoxy) is 25. The van der Waals surface area contributed by atoms with Crippen LogP contribution in [0.5, 0.6) is 11.5 Å². The van der Waals surface area contributed by atoms with Crippen LogP contribution in [-0.4, -0.2) is 403 Å². The van der Waals surface area contributed by atoms with Crippen molar-refractivity contribution in [3.63, 3.8) is 0 Å². The minimum atomic E-state index is -5.12. The van der Waals surface area contributed by atoms with Gasteiger partial charge >= 0.3 is 5.97 Å². The highest BCUT2D eigenvalue weighted by molar-refractivity contribution is 7.86. The van der Waals surface area contributed by atoms with Crippen LogP contribution >= 0.6 is 0 Å². The number of amides is 3. The molecule has 138 heavy (non-hydrogen) atoms. The molecule has 0 saturated carbocycles. The van der Waals surface area contributed by atoms with Gasteiger partial charge in [0.15, 0.2) is 5.54 Å². The molecular formula is C96H157N4O36S2+. The Morgan fingerprint density at radius 2 is 0.775 bits per heavy atom. The molecule has 7 rings (SSSR count). The number of nitrogens with zero attached hydrogens (tertiary/aromatic N) is 3. The molecule has 788 valence electrons. The van der Waals surface area contributed by atoms with E-state index in [4.69, 9.17) is 123 Å². The largest absolute Gasteiger partial charge is 0.456 e. The monoisotopic (exact) mass is 2010 g/mol. The lowest BCUT2D eigenvalue weighted by Gasteiger charge is -2.48. The van der Waals surface area contributed by atoms with Gasteiger partial charge in [0.1, 0.15) is 22.9 Å². The number of nitrogens with one attached hydrogen (secondary N) is 1. The summed E-state index contributed by atoms with van der Waals surface area (Å²) in [5, 5.41) is 4.96. The zero-order chi connectivity index (χ0) is 99.0. The summed E-state index contributed by atoms with van der Waals surface area (Å²) >= 11 is 0. The number of methoxy groups -OCH3 is 1. The Balaban J connectivity index is 0.601. The summed E-state index contributed by atoms with van der Waals surface area (Å²) in [6.07, 6.45) is 5.84. The van der Waals surface area contributed by atoms with Gasteiger partial charge in [-0.3, -0.25) is 23.5 Å². The Morgan fingerprint density at radius 1 is 0.413 bits per heavy atom. The molecule has 4 heterocycles. The molecule has 3 aromatic carbocycles. The van der Waals surface area contributed by atoms with Crippen LogP contribution in [0.25, 0.3) is 5.57 Å². The van der Waals surface area contributed by atoms with E-state index in [1.165, 1.54) is 6.07 Å². The number of hydroxylamine groups is 2. The first-order valence-corrected chi connectivity index (χ1v) is 51.5. The van der Waals surface area contributed by atoms with E-state index >= 15 is 0 Å². The third-order valence-corrected chi connectivity index (χ3v) is 24.2. The lowest BCUT2D eigenvalue weighted by Crippen LogP contribution is -2.53. The fourth-order valence-corrected chi connectivity index (χ4v) is 17.1. The number of benzene rings is 3. The molecule has 3 aromatic rings. The number of imide groups is 1. The highest BCUT2D eigenvalue weighted by Crippen LogP contribution is 2.50. The quantitative estimate of drug-likeness (QED) is 0.0189. The van der Waals surface area contributed by atoms with Gasteiger partial charge < -0.3 is 133 Å². The molecule has 1 saturated heterocycles. The predicted octanol–water partition coefficient (Wildman–Crippen LogP) is 6.27. The summed E-state index contributed by atoms with van der Waals surface area (Å²) in [7, 11) is -8.39. The second-order valence-electron chi connectivity index (χ2n) is 34.1. The van der Waals surface area contributed by atoms with E-state index < -0.39 is 47.8 Å². The maximum Gasteiger partial charge on any atom is 0.333 e. The maximum absolute atomic E-state index is 13.4. The van der Waals surface area contributed by atoms with Crippen molar-refractivity contribution in [3.8, 4) is 11.5 Å². The molecule has 0 spiro atoms. The third-order valence-electron chi connectivity index (χ3n) is 22.5. The number of carbonyl (C=O) groups is 4. The van der Waals surface area contributed by atoms with Crippen LogP contribution in [0.2, 0.25) is 0 Å². The van der Waals surface area contributed by atoms with Crippen molar-refractivity contribution in [2.45, 2.75) is 151 Å². The molecule has 2 atom stereocenters. The van der Waals surface area contributed by atoms with Crippen LogP contribution in [-0.2, 0) is 158 Å². The van der Waals surface area contributed by atoms with Crippen molar-refractivity contribution >= 4 is 55.2 Å². The first kappa shape index (κ1) is 119. The number of unbranched alkanes of at least 4 members (excludes halogenated alkanes) is 4. The number of hydrogen-bond acceptors (Lipinski definition) is 35. The van der Waals surface area contributed by atoms with Crippen LogP contribution in [0.1, 0.15) is 153 Å². The Morgan fingerprint density at radius 3 is 1.15 bits per heavy atom.